The van der Waals surface area contributed by atoms with Crippen molar-refractivity contribution in [3.05, 3.63) is 76.5 Å². The topological polar surface area (TPSA) is 104 Å². The van der Waals surface area contributed by atoms with Crippen molar-refractivity contribution in [2.45, 2.75) is 43.6 Å². The summed E-state index contributed by atoms with van der Waals surface area (Å²) in [5, 5.41) is 2.94. The van der Waals surface area contributed by atoms with E-state index >= 15 is 0 Å². The maximum atomic E-state index is 14.4. The summed E-state index contributed by atoms with van der Waals surface area (Å²) in [6.45, 7) is 1.23. The van der Waals surface area contributed by atoms with Gasteiger partial charge in [-0.2, -0.15) is 0 Å². The highest BCUT2D eigenvalue weighted by atomic mass is 35.5. The van der Waals surface area contributed by atoms with Gasteiger partial charge in [-0.3, -0.25) is 14.6 Å². The van der Waals surface area contributed by atoms with Crippen molar-refractivity contribution in [1.82, 2.24) is 15.3 Å². The molecule has 0 atom stereocenters. The molecule has 1 spiro atoms. The van der Waals surface area contributed by atoms with Gasteiger partial charge in [0, 0.05) is 38.1 Å². The molecule has 1 aromatic carbocycles. The fraction of sp³-hybridized carbons (Fsp3) is 0.379. The van der Waals surface area contributed by atoms with Gasteiger partial charge in [-0.05, 0) is 67.5 Å². The van der Waals surface area contributed by atoms with Gasteiger partial charge in [0.05, 0.1) is 22.0 Å². The second-order valence-corrected chi connectivity index (χ2v) is 11.4. The lowest BCUT2D eigenvalue weighted by molar-refractivity contribution is -0.124. The monoisotopic (exact) mass is 584 g/mol. The third-order valence-corrected chi connectivity index (χ3v) is 8.62. The number of pyridine rings is 2. The van der Waals surface area contributed by atoms with Crippen molar-refractivity contribution in [3.63, 3.8) is 0 Å². The van der Waals surface area contributed by atoms with Crippen LogP contribution in [-0.4, -0.2) is 47.5 Å². The molecule has 2 aromatic heterocycles. The first-order chi connectivity index (χ1) is 19.7. The van der Waals surface area contributed by atoms with Gasteiger partial charge < -0.3 is 20.9 Å². The fourth-order valence-electron chi connectivity index (χ4n) is 6.35. The van der Waals surface area contributed by atoms with E-state index in [1.165, 1.54) is 18.2 Å². The molecule has 6 rings (SSSR count). The minimum atomic E-state index is -2.90. The van der Waals surface area contributed by atoms with Gasteiger partial charge in [0.2, 0.25) is 5.91 Å². The lowest BCUT2D eigenvalue weighted by Crippen LogP contribution is -2.64. The summed E-state index contributed by atoms with van der Waals surface area (Å²) in [5.41, 5.74) is 6.41. The van der Waals surface area contributed by atoms with E-state index in [2.05, 4.69) is 15.3 Å². The molecule has 1 saturated carbocycles. The Kier molecular flexibility index (Phi) is 7.01. The zero-order valence-electron chi connectivity index (χ0n) is 22.0. The number of carbonyl (C=O) groups is 2. The second kappa shape index (κ2) is 10.5. The molecule has 2 amide bonds. The first kappa shape index (κ1) is 27.3. The number of nitrogens with two attached hydrogens (primary N) is 1. The molecule has 3 aromatic rings. The number of nitrogens with zero attached hydrogens (tertiary/aromatic N) is 4. The normalized spacial score (nSPS) is 21.2. The number of rotatable bonds is 6. The zero-order chi connectivity index (χ0) is 28.9. The van der Waals surface area contributed by atoms with Gasteiger partial charge >= 0.3 is 0 Å². The highest BCUT2D eigenvalue weighted by Gasteiger charge is 2.58. The molecule has 3 aliphatic rings. The maximum Gasteiger partial charge on any atom is 0.281 e. The number of halogens is 4. The molecule has 0 unspecified atom stereocenters. The molecule has 3 N–H and O–H groups in total. The number of anilines is 3. The van der Waals surface area contributed by atoms with Crippen LogP contribution in [0.2, 0.25) is 5.02 Å². The molecule has 0 radical (unpaired) electrons. The van der Waals surface area contributed by atoms with E-state index in [0.29, 0.717) is 62.5 Å². The molecule has 214 valence electrons. The van der Waals surface area contributed by atoms with Crippen molar-refractivity contribution in [1.29, 1.82) is 0 Å². The molecule has 12 heteroatoms. The average molecular weight is 585 g/mol. The smallest absolute Gasteiger partial charge is 0.281 e. The number of nitrogens with one attached hydrogen (secondary N) is 1. The van der Waals surface area contributed by atoms with E-state index in [-0.39, 0.29) is 28.5 Å². The number of carbonyl (C=O) groups excluding carboxylic acids is 2. The van der Waals surface area contributed by atoms with Crippen molar-refractivity contribution >= 4 is 40.6 Å². The number of aromatic nitrogens is 2. The summed E-state index contributed by atoms with van der Waals surface area (Å²) in [6.07, 6.45) is 2.49. The van der Waals surface area contributed by atoms with E-state index in [9.17, 15) is 22.8 Å². The van der Waals surface area contributed by atoms with Gasteiger partial charge in [-0.15, -0.1) is 0 Å². The lowest BCUT2D eigenvalue weighted by atomic mass is 9.74. The van der Waals surface area contributed by atoms with E-state index in [4.69, 9.17) is 17.3 Å². The van der Waals surface area contributed by atoms with E-state index < -0.39 is 29.3 Å². The van der Waals surface area contributed by atoms with Gasteiger partial charge in [0.25, 0.3) is 12.3 Å². The summed E-state index contributed by atoms with van der Waals surface area (Å²) in [6, 6.07) is 9.02. The summed E-state index contributed by atoms with van der Waals surface area (Å²) in [5.74, 6) is -0.350. The SMILES string of the molecule is Nc1cccnc1N1CC2(C1)C(=O)N(CC1CCC(NC(=O)c3cc(Cl)cnc3C(F)F)CC1)c1cc(F)ccc12. The van der Waals surface area contributed by atoms with Crippen LogP contribution < -0.4 is 20.9 Å². The number of fused-ring (bicyclic) bond motifs is 2. The molecule has 41 heavy (non-hydrogen) atoms. The fourth-order valence-corrected chi connectivity index (χ4v) is 6.51. The Morgan fingerprint density at radius 3 is 2.61 bits per heavy atom. The Balaban J connectivity index is 1.12. The molecular weight excluding hydrogens is 557 g/mol. The standard InChI is InChI=1S/C29H28ClF3N6O2/c30-17-10-20(24(25(32)33)36-12-17)27(40)37-19-6-3-16(4-7-19)13-39-23-11-18(31)5-8-21(23)29(28(39)41)14-38(15-29)26-22(34)2-1-9-35-26/h1-2,5,8-12,16,19,25H,3-4,6-7,13-15,34H2,(H,37,40). The van der Waals surface area contributed by atoms with Gasteiger partial charge in [0.1, 0.15) is 16.9 Å². The van der Waals surface area contributed by atoms with Crippen LogP contribution in [-0.2, 0) is 10.2 Å². The van der Waals surface area contributed by atoms with Crippen LogP contribution in [0.1, 0.15) is 53.7 Å². The predicted octanol–water partition coefficient (Wildman–Crippen LogP) is 4.88. The quantitative estimate of drug-likeness (QED) is 0.428. The minimum absolute atomic E-state index is 0.0627. The van der Waals surface area contributed by atoms with Crippen LogP contribution in [0, 0.1) is 11.7 Å². The van der Waals surface area contributed by atoms with E-state index in [0.717, 1.165) is 11.8 Å². The molecule has 1 saturated heterocycles. The first-order valence-electron chi connectivity index (χ1n) is 13.5. The highest BCUT2D eigenvalue weighted by Crippen LogP contribution is 2.49. The Hall–Kier alpha value is -3.86. The van der Waals surface area contributed by atoms with Crippen molar-refractivity contribution in [2.75, 3.05) is 35.2 Å². The van der Waals surface area contributed by atoms with Gasteiger partial charge in [0.15, 0.2) is 5.82 Å². The number of nitrogen functional groups attached to an aromatic ring is 1. The number of hydrogen-bond acceptors (Lipinski definition) is 6. The summed E-state index contributed by atoms with van der Waals surface area (Å²) >= 11 is 5.89. The predicted molar refractivity (Wildman–Crippen MR) is 149 cm³/mol. The Labute approximate surface area is 239 Å². The molecule has 2 aliphatic heterocycles. The highest BCUT2D eigenvalue weighted by molar-refractivity contribution is 6.30. The third kappa shape index (κ3) is 4.86. The van der Waals surface area contributed by atoms with Crippen LogP contribution in [0.25, 0.3) is 0 Å². The minimum Gasteiger partial charge on any atom is -0.396 e. The van der Waals surface area contributed by atoms with Crippen LogP contribution in [0.4, 0.5) is 30.4 Å². The summed E-state index contributed by atoms with van der Waals surface area (Å²) < 4.78 is 41.1. The Morgan fingerprint density at radius 1 is 1.15 bits per heavy atom. The number of amides is 2. The Morgan fingerprint density at radius 2 is 1.90 bits per heavy atom. The van der Waals surface area contributed by atoms with Crippen LogP contribution in [0.3, 0.4) is 0 Å². The molecule has 8 nitrogen and oxygen atoms in total. The molecular formula is C29H28ClF3N6O2. The van der Waals surface area contributed by atoms with E-state index in [1.54, 1.807) is 29.3 Å². The van der Waals surface area contributed by atoms with Crippen LogP contribution in [0.15, 0.2) is 48.8 Å². The summed E-state index contributed by atoms with van der Waals surface area (Å²) in [7, 11) is 0. The van der Waals surface area contributed by atoms with Crippen molar-refractivity contribution < 1.29 is 22.8 Å². The first-order valence-corrected chi connectivity index (χ1v) is 13.9. The van der Waals surface area contributed by atoms with Crippen LogP contribution in [0.5, 0.6) is 0 Å². The number of alkyl halides is 2. The largest absolute Gasteiger partial charge is 0.396 e. The molecule has 2 fully saturated rings. The Bertz CT molecular complexity index is 1510. The molecule has 1 aliphatic carbocycles. The maximum absolute atomic E-state index is 14.4. The third-order valence-electron chi connectivity index (χ3n) is 8.42. The number of hydrogen-bond donors (Lipinski definition) is 2. The van der Waals surface area contributed by atoms with Crippen LogP contribution >= 0.6 is 11.6 Å². The second-order valence-electron chi connectivity index (χ2n) is 11.0. The lowest BCUT2D eigenvalue weighted by Gasteiger charge is -2.47. The summed E-state index contributed by atoms with van der Waals surface area (Å²) in [4.78, 5) is 38.3. The van der Waals surface area contributed by atoms with Gasteiger partial charge in [-0.25, -0.2) is 18.2 Å². The number of benzene rings is 1. The molecule has 0 bridgehead atoms. The van der Waals surface area contributed by atoms with Crippen molar-refractivity contribution in [3.8, 4) is 0 Å². The average Bonchev–Trinajstić information content (AvgIpc) is 3.16. The van der Waals surface area contributed by atoms with Crippen molar-refractivity contribution in [2.24, 2.45) is 5.92 Å². The van der Waals surface area contributed by atoms with E-state index in [1.807, 2.05) is 4.90 Å². The van der Waals surface area contributed by atoms with Gasteiger partial charge in [-0.1, -0.05) is 17.7 Å². The zero-order valence-corrected chi connectivity index (χ0v) is 22.8. The molecule has 4 heterocycles.